The first-order valence-corrected chi connectivity index (χ1v) is 9.48. The topological polar surface area (TPSA) is 60.4 Å². The third-order valence-corrected chi connectivity index (χ3v) is 6.35. The van der Waals surface area contributed by atoms with Crippen molar-refractivity contribution in [3.8, 4) is 0 Å². The highest BCUT2D eigenvalue weighted by Crippen LogP contribution is 2.46. The summed E-state index contributed by atoms with van der Waals surface area (Å²) in [6, 6.07) is 7.21. The highest BCUT2D eigenvalue weighted by molar-refractivity contribution is 7.91. The fraction of sp³-hybridized carbons (Fsp3) is 0.588. The predicted molar refractivity (Wildman–Crippen MR) is 85.4 cm³/mol. The Morgan fingerprint density at radius 2 is 1.91 bits per heavy atom. The van der Waals surface area contributed by atoms with Crippen molar-refractivity contribution in [2.45, 2.75) is 43.9 Å². The highest BCUT2D eigenvalue weighted by atomic mass is 32.2. The molecule has 0 bridgehead atoms. The Balaban J connectivity index is 2.05. The first-order valence-electron chi connectivity index (χ1n) is 7.83. The van der Waals surface area contributed by atoms with Crippen LogP contribution in [0, 0.1) is 11.8 Å². The number of carbonyl (C=O) groups excluding carboxylic acids is 1. The van der Waals surface area contributed by atoms with Gasteiger partial charge in [0.15, 0.2) is 9.84 Å². The van der Waals surface area contributed by atoms with E-state index in [-0.39, 0.29) is 17.6 Å². The van der Waals surface area contributed by atoms with E-state index in [1.165, 1.54) is 7.11 Å². The summed E-state index contributed by atoms with van der Waals surface area (Å²) in [6.07, 6.45) is 2.84. The van der Waals surface area contributed by atoms with Crippen LogP contribution in [0.3, 0.4) is 0 Å². The lowest BCUT2D eigenvalue weighted by molar-refractivity contribution is -0.142. The number of hydrogen-bond acceptors (Lipinski definition) is 4. The monoisotopic (exact) mass is 324 g/mol. The summed E-state index contributed by atoms with van der Waals surface area (Å²) < 4.78 is 28.5. The highest BCUT2D eigenvalue weighted by Gasteiger charge is 2.44. The number of carbonyl (C=O) groups is 1. The number of benzene rings is 1. The molecule has 2 rings (SSSR count). The van der Waals surface area contributed by atoms with Gasteiger partial charge in [0.25, 0.3) is 0 Å². The van der Waals surface area contributed by atoms with E-state index < -0.39 is 9.84 Å². The van der Waals surface area contributed by atoms with Crippen LogP contribution in [0.1, 0.15) is 44.6 Å². The van der Waals surface area contributed by atoms with Crippen molar-refractivity contribution in [1.29, 1.82) is 0 Å². The molecule has 1 saturated carbocycles. The Kier molecular flexibility index (Phi) is 5.27. The molecule has 1 aromatic carbocycles. The molecule has 122 valence electrons. The van der Waals surface area contributed by atoms with Crippen molar-refractivity contribution in [2.75, 3.05) is 12.9 Å². The Morgan fingerprint density at radius 3 is 2.41 bits per heavy atom. The summed E-state index contributed by atoms with van der Waals surface area (Å²) in [5.74, 6) is 0.824. The molecular formula is C17H24O4S. The minimum Gasteiger partial charge on any atom is -0.469 e. The summed E-state index contributed by atoms with van der Waals surface area (Å²) >= 11 is 0. The van der Waals surface area contributed by atoms with Crippen molar-refractivity contribution < 1.29 is 17.9 Å². The summed E-state index contributed by atoms with van der Waals surface area (Å²) in [4.78, 5) is 11.9. The SMILES string of the molecule is CCC(CC1CC1C(=O)OC)c1ccc(S(=O)(=O)CC)cc1. The molecule has 0 spiro atoms. The lowest BCUT2D eigenvalue weighted by Gasteiger charge is -2.15. The molecule has 22 heavy (non-hydrogen) atoms. The van der Waals surface area contributed by atoms with Crippen molar-refractivity contribution in [1.82, 2.24) is 0 Å². The van der Waals surface area contributed by atoms with Gasteiger partial charge in [-0.1, -0.05) is 26.0 Å². The number of rotatable bonds is 7. The molecule has 3 atom stereocenters. The van der Waals surface area contributed by atoms with Gasteiger partial charge in [0.05, 0.1) is 23.7 Å². The number of sulfone groups is 1. The Labute approximate surface area is 132 Å². The van der Waals surface area contributed by atoms with Crippen LogP contribution in [0.5, 0.6) is 0 Å². The van der Waals surface area contributed by atoms with Crippen LogP contribution in [0.25, 0.3) is 0 Å². The van der Waals surface area contributed by atoms with Crippen molar-refractivity contribution in [3.05, 3.63) is 29.8 Å². The summed E-state index contributed by atoms with van der Waals surface area (Å²) in [5.41, 5.74) is 1.15. The molecule has 5 heteroatoms. The zero-order chi connectivity index (χ0) is 16.3. The number of ether oxygens (including phenoxy) is 1. The molecule has 0 aromatic heterocycles. The molecule has 0 radical (unpaired) electrons. The maximum Gasteiger partial charge on any atom is 0.308 e. The van der Waals surface area contributed by atoms with Crippen LogP contribution in [0.2, 0.25) is 0 Å². The molecule has 1 fully saturated rings. The van der Waals surface area contributed by atoms with Gasteiger partial charge in [-0.05, 0) is 48.8 Å². The lowest BCUT2D eigenvalue weighted by atomic mass is 9.91. The number of methoxy groups -OCH3 is 1. The van der Waals surface area contributed by atoms with E-state index in [2.05, 4.69) is 6.92 Å². The first kappa shape index (κ1) is 17.0. The normalized spacial score (nSPS) is 22.1. The average Bonchev–Trinajstić information content (AvgIpc) is 3.31. The zero-order valence-electron chi connectivity index (χ0n) is 13.4. The standard InChI is InChI=1S/C17H24O4S/c1-4-12(10-14-11-16(14)17(18)21-3)13-6-8-15(9-7-13)22(19,20)5-2/h6-9,12,14,16H,4-5,10-11H2,1-3H3. The van der Waals surface area contributed by atoms with E-state index >= 15 is 0 Å². The van der Waals surface area contributed by atoms with Crippen LogP contribution in [0.4, 0.5) is 0 Å². The van der Waals surface area contributed by atoms with Crippen LogP contribution >= 0.6 is 0 Å². The molecule has 0 amide bonds. The molecule has 0 aliphatic heterocycles. The summed E-state index contributed by atoms with van der Waals surface area (Å²) in [7, 11) is -1.71. The molecule has 0 saturated heterocycles. The average molecular weight is 324 g/mol. The maximum atomic E-state index is 11.8. The van der Waals surface area contributed by atoms with Gasteiger partial charge in [-0.2, -0.15) is 0 Å². The second-order valence-corrected chi connectivity index (χ2v) is 8.22. The van der Waals surface area contributed by atoms with E-state index in [0.717, 1.165) is 24.8 Å². The van der Waals surface area contributed by atoms with Crippen molar-refractivity contribution >= 4 is 15.8 Å². The van der Waals surface area contributed by atoms with E-state index in [1.54, 1.807) is 19.1 Å². The second kappa shape index (κ2) is 6.82. The van der Waals surface area contributed by atoms with Crippen LogP contribution in [-0.2, 0) is 19.4 Å². The van der Waals surface area contributed by atoms with Crippen molar-refractivity contribution in [2.24, 2.45) is 11.8 Å². The molecule has 0 N–H and O–H groups in total. The van der Waals surface area contributed by atoms with E-state index in [9.17, 15) is 13.2 Å². The van der Waals surface area contributed by atoms with Gasteiger partial charge in [-0.3, -0.25) is 4.79 Å². The smallest absolute Gasteiger partial charge is 0.308 e. The molecule has 4 nitrogen and oxygen atoms in total. The van der Waals surface area contributed by atoms with Crippen LogP contribution in [-0.4, -0.2) is 27.2 Å². The molecule has 0 heterocycles. The zero-order valence-corrected chi connectivity index (χ0v) is 14.2. The molecule has 1 aliphatic carbocycles. The van der Waals surface area contributed by atoms with Gasteiger partial charge in [0.2, 0.25) is 0 Å². The summed E-state index contributed by atoms with van der Waals surface area (Å²) in [6.45, 7) is 3.77. The van der Waals surface area contributed by atoms with Crippen molar-refractivity contribution in [3.63, 3.8) is 0 Å². The number of esters is 1. The quantitative estimate of drug-likeness (QED) is 0.723. The van der Waals surface area contributed by atoms with Gasteiger partial charge in [0, 0.05) is 0 Å². The number of hydrogen-bond donors (Lipinski definition) is 0. The molecule has 1 aromatic rings. The minimum absolute atomic E-state index is 0.0544. The molecular weight excluding hydrogens is 300 g/mol. The van der Waals surface area contributed by atoms with Gasteiger partial charge < -0.3 is 4.74 Å². The fourth-order valence-corrected chi connectivity index (χ4v) is 3.85. The predicted octanol–water partition coefficient (Wildman–Crippen LogP) is 3.17. The largest absolute Gasteiger partial charge is 0.469 e. The Hall–Kier alpha value is -1.36. The molecule has 3 unspecified atom stereocenters. The Bertz CT molecular complexity index is 619. The lowest BCUT2D eigenvalue weighted by Crippen LogP contribution is -2.07. The van der Waals surface area contributed by atoms with E-state index in [0.29, 0.717) is 16.7 Å². The first-order chi connectivity index (χ1) is 10.4. The maximum absolute atomic E-state index is 11.8. The van der Waals surface area contributed by atoms with Gasteiger partial charge in [0.1, 0.15) is 0 Å². The second-order valence-electron chi connectivity index (χ2n) is 5.94. The molecule has 1 aliphatic rings. The minimum atomic E-state index is -3.14. The van der Waals surface area contributed by atoms with Gasteiger partial charge in [-0.25, -0.2) is 8.42 Å². The third-order valence-electron chi connectivity index (χ3n) is 4.60. The van der Waals surface area contributed by atoms with E-state index in [1.807, 2.05) is 12.1 Å². The third kappa shape index (κ3) is 3.69. The van der Waals surface area contributed by atoms with E-state index in [4.69, 9.17) is 4.74 Å². The van der Waals surface area contributed by atoms with Crippen LogP contribution in [0.15, 0.2) is 29.2 Å². The van der Waals surface area contributed by atoms with Gasteiger partial charge in [-0.15, -0.1) is 0 Å². The summed E-state index contributed by atoms with van der Waals surface area (Å²) in [5, 5.41) is 0. The van der Waals surface area contributed by atoms with Crippen LogP contribution < -0.4 is 0 Å². The Morgan fingerprint density at radius 1 is 1.27 bits per heavy atom. The van der Waals surface area contributed by atoms with Gasteiger partial charge >= 0.3 is 5.97 Å². The fourth-order valence-electron chi connectivity index (χ4n) is 2.97.